The van der Waals surface area contributed by atoms with Crippen LogP contribution in [0.15, 0.2) is 48.7 Å². The maximum absolute atomic E-state index is 13.7. The Balaban J connectivity index is 1.87. The summed E-state index contributed by atoms with van der Waals surface area (Å²) in [7, 11) is 0. The first-order valence-corrected chi connectivity index (χ1v) is 17.3. The molecule has 0 N–H and O–H groups in total. The summed E-state index contributed by atoms with van der Waals surface area (Å²) in [5.41, 5.74) is 7.89. The quantitative estimate of drug-likeness (QED) is 0.145. The van der Waals surface area contributed by atoms with E-state index in [1.165, 1.54) is 62.7 Å². The topological polar surface area (TPSA) is 45.7 Å². The number of esters is 1. The van der Waals surface area contributed by atoms with Crippen LogP contribution in [0.2, 0.25) is 0 Å². The lowest BCUT2D eigenvalue weighted by Gasteiger charge is -2.34. The number of pyridine rings is 1. The lowest BCUT2D eigenvalue weighted by Crippen LogP contribution is -2.33. The second kappa shape index (κ2) is 15.6. The van der Waals surface area contributed by atoms with Gasteiger partial charge in [0.2, 0.25) is 5.60 Å². The van der Waals surface area contributed by atoms with Crippen molar-refractivity contribution in [1.82, 2.24) is 4.98 Å². The molecule has 5 nitrogen and oxygen atoms in total. The van der Waals surface area contributed by atoms with E-state index >= 15 is 0 Å². The van der Waals surface area contributed by atoms with Gasteiger partial charge in [-0.3, -0.25) is 4.98 Å². The summed E-state index contributed by atoms with van der Waals surface area (Å²) in [4.78, 5) is 23.7. The van der Waals surface area contributed by atoms with Crippen LogP contribution >= 0.6 is 0 Å². The molecule has 1 aliphatic rings. The molecule has 0 saturated carbocycles. The van der Waals surface area contributed by atoms with Crippen LogP contribution in [0.4, 0.5) is 11.4 Å². The fraction of sp³-hybridized carbons (Fsp3) is 0.538. The molecule has 1 aromatic heterocycles. The molecule has 0 bridgehead atoms. The Hall–Kier alpha value is -3.34. The van der Waals surface area contributed by atoms with Crippen molar-refractivity contribution in [3.63, 3.8) is 0 Å². The highest BCUT2D eigenvalue weighted by molar-refractivity contribution is 5.96. The molecule has 2 aromatic carbocycles. The van der Waals surface area contributed by atoms with Crippen molar-refractivity contribution in [2.45, 2.75) is 112 Å². The highest BCUT2D eigenvalue weighted by Gasteiger charge is 2.51. The van der Waals surface area contributed by atoms with E-state index in [2.05, 4.69) is 94.7 Å². The highest BCUT2D eigenvalue weighted by atomic mass is 16.6. The molecule has 0 fully saturated rings. The summed E-state index contributed by atoms with van der Waals surface area (Å²) in [5.74, 6) is -0.296. The van der Waals surface area contributed by atoms with Gasteiger partial charge in [-0.25, -0.2) is 4.79 Å². The van der Waals surface area contributed by atoms with Gasteiger partial charge in [-0.05, 0) is 93.0 Å². The first-order valence-electron chi connectivity index (χ1n) is 17.3. The summed E-state index contributed by atoms with van der Waals surface area (Å²) in [6.07, 6.45) is 12.1. The van der Waals surface area contributed by atoms with E-state index in [9.17, 15) is 4.79 Å². The number of anilines is 2. The molecule has 2 heterocycles. The molecule has 0 spiro atoms. The molecular formula is C39H55N3O2. The predicted molar refractivity (Wildman–Crippen MR) is 185 cm³/mol. The van der Waals surface area contributed by atoms with Gasteiger partial charge in [-0.2, -0.15) is 0 Å². The summed E-state index contributed by atoms with van der Waals surface area (Å²) in [6, 6.07) is 15.4. The molecule has 5 heteroatoms. The number of aromatic nitrogens is 1. The molecule has 1 aliphatic heterocycles. The Kier molecular flexibility index (Phi) is 11.9. The number of unbranched alkanes of at least 4 members (excludes halogenated alkanes) is 4. The summed E-state index contributed by atoms with van der Waals surface area (Å²) < 4.78 is 6.58. The number of cyclic esters (lactones) is 1. The minimum Gasteiger partial charge on any atom is -0.439 e. The fourth-order valence-corrected chi connectivity index (χ4v) is 6.51. The third-order valence-electron chi connectivity index (χ3n) is 9.19. The molecule has 4 rings (SSSR count). The number of fused-ring (bicyclic) bond motifs is 1. The smallest absolute Gasteiger partial charge is 0.341 e. The zero-order chi connectivity index (χ0) is 31.7. The lowest BCUT2D eigenvalue weighted by molar-refractivity contribution is 0.0240. The normalized spacial score (nSPS) is 13.6. The summed E-state index contributed by atoms with van der Waals surface area (Å²) in [6.45, 7) is 19.6. The van der Waals surface area contributed by atoms with Gasteiger partial charge in [-0.1, -0.05) is 72.4 Å². The number of hydrogen-bond acceptors (Lipinski definition) is 5. The predicted octanol–water partition coefficient (Wildman–Crippen LogP) is 9.54. The molecule has 0 aliphatic carbocycles. The van der Waals surface area contributed by atoms with Gasteiger partial charge in [0, 0.05) is 54.9 Å². The molecule has 44 heavy (non-hydrogen) atoms. The van der Waals surface area contributed by atoms with E-state index in [1.54, 1.807) is 0 Å². The second-order valence-electron chi connectivity index (χ2n) is 12.6. The number of rotatable bonds is 17. The number of ether oxygens (including phenoxy) is 1. The number of nitrogens with zero attached hydrogens (tertiary/aromatic N) is 3. The van der Waals surface area contributed by atoms with E-state index in [0.717, 1.165) is 60.4 Å². The maximum Gasteiger partial charge on any atom is 0.341 e. The van der Waals surface area contributed by atoms with E-state index in [4.69, 9.17) is 9.72 Å². The van der Waals surface area contributed by atoms with Crippen LogP contribution in [0, 0.1) is 13.8 Å². The van der Waals surface area contributed by atoms with Gasteiger partial charge >= 0.3 is 5.97 Å². The van der Waals surface area contributed by atoms with Crippen LogP contribution in [0.25, 0.3) is 0 Å². The third-order valence-corrected chi connectivity index (χ3v) is 9.19. The minimum atomic E-state index is -1.10. The van der Waals surface area contributed by atoms with Gasteiger partial charge in [0.25, 0.3) is 0 Å². The van der Waals surface area contributed by atoms with Crippen molar-refractivity contribution < 1.29 is 9.53 Å². The number of hydrogen-bond donors (Lipinski definition) is 0. The van der Waals surface area contributed by atoms with Gasteiger partial charge < -0.3 is 14.5 Å². The minimum absolute atomic E-state index is 0.296. The van der Waals surface area contributed by atoms with Gasteiger partial charge in [-0.15, -0.1) is 0 Å². The Morgan fingerprint density at radius 3 is 1.52 bits per heavy atom. The Bertz CT molecular complexity index is 1310. The third kappa shape index (κ3) is 6.98. The van der Waals surface area contributed by atoms with Crippen molar-refractivity contribution in [2.24, 2.45) is 0 Å². The zero-order valence-corrected chi connectivity index (χ0v) is 28.5. The first kappa shape index (κ1) is 33.6. The van der Waals surface area contributed by atoms with Crippen molar-refractivity contribution in [3.8, 4) is 0 Å². The van der Waals surface area contributed by atoms with Crippen molar-refractivity contribution >= 4 is 17.3 Å². The van der Waals surface area contributed by atoms with Crippen LogP contribution < -0.4 is 9.80 Å². The van der Waals surface area contributed by atoms with Crippen LogP contribution in [0.1, 0.15) is 130 Å². The molecule has 0 radical (unpaired) electrons. The van der Waals surface area contributed by atoms with Gasteiger partial charge in [0.05, 0.1) is 5.56 Å². The lowest BCUT2D eigenvalue weighted by atomic mass is 9.78. The standard InChI is InChI=1S/C39H55N3O2/c1-8-13-21-41(22-14-9-2)32-17-19-35(29(6)25-32)39(37-34(38(43)44-39)27-31(12-5)28-40-37)36-20-18-33(26-30(36)7)42(23-15-10-3)24-16-11-4/h17-20,25-28H,8-16,21-24H2,1-7H3. The van der Waals surface area contributed by atoms with E-state index in [0.29, 0.717) is 11.3 Å². The van der Waals surface area contributed by atoms with E-state index in [1.807, 2.05) is 12.3 Å². The van der Waals surface area contributed by atoms with Crippen molar-refractivity contribution in [2.75, 3.05) is 36.0 Å². The zero-order valence-electron chi connectivity index (χ0n) is 28.5. The van der Waals surface area contributed by atoms with Gasteiger partial charge in [0.15, 0.2) is 0 Å². The van der Waals surface area contributed by atoms with Crippen molar-refractivity contribution in [1.29, 1.82) is 0 Å². The van der Waals surface area contributed by atoms with Crippen LogP contribution in [0.5, 0.6) is 0 Å². The molecule has 0 unspecified atom stereocenters. The van der Waals surface area contributed by atoms with Crippen molar-refractivity contribution in [3.05, 3.63) is 87.7 Å². The highest BCUT2D eigenvalue weighted by Crippen LogP contribution is 2.49. The average molecular weight is 598 g/mol. The molecule has 0 amide bonds. The molecule has 0 saturated heterocycles. The van der Waals surface area contributed by atoms with E-state index in [-0.39, 0.29) is 5.97 Å². The largest absolute Gasteiger partial charge is 0.439 e. The van der Waals surface area contributed by atoms with Crippen LogP contribution in [-0.4, -0.2) is 37.1 Å². The Morgan fingerprint density at radius 2 is 1.14 bits per heavy atom. The Morgan fingerprint density at radius 1 is 0.682 bits per heavy atom. The number of carbonyl (C=O) groups is 1. The van der Waals surface area contributed by atoms with Crippen LogP contribution in [0.3, 0.4) is 0 Å². The van der Waals surface area contributed by atoms with Gasteiger partial charge in [0.1, 0.15) is 5.69 Å². The molecular weight excluding hydrogens is 542 g/mol. The molecule has 3 aromatic rings. The maximum atomic E-state index is 13.7. The SMILES string of the molecule is CCCCN(CCCC)c1ccc(C2(c3ccc(N(CCCC)CCCC)cc3C)OC(=O)c3cc(CC)cnc32)c(C)c1. The summed E-state index contributed by atoms with van der Waals surface area (Å²) in [5, 5.41) is 0. The first-order chi connectivity index (χ1) is 21.3. The monoisotopic (exact) mass is 597 g/mol. The summed E-state index contributed by atoms with van der Waals surface area (Å²) >= 11 is 0. The number of aryl methyl sites for hydroxylation is 3. The number of benzene rings is 2. The average Bonchev–Trinajstić information content (AvgIpc) is 3.32. The van der Waals surface area contributed by atoms with Crippen LogP contribution in [-0.2, 0) is 16.8 Å². The fourth-order valence-electron chi connectivity index (χ4n) is 6.51. The molecule has 0 atom stereocenters. The van der Waals surface area contributed by atoms with E-state index < -0.39 is 5.60 Å². The second-order valence-corrected chi connectivity index (χ2v) is 12.6. The molecule has 238 valence electrons. The Labute approximate surface area is 267 Å². The number of carbonyl (C=O) groups excluding carboxylic acids is 1.